The molecule has 6 nitrogen and oxygen atoms in total. The van der Waals surface area contributed by atoms with Crippen LogP contribution in [0.2, 0.25) is 0 Å². The molecule has 0 aromatic heterocycles. The zero-order chi connectivity index (χ0) is 21.8. The van der Waals surface area contributed by atoms with Gasteiger partial charge < -0.3 is 14.9 Å². The van der Waals surface area contributed by atoms with E-state index in [0.717, 1.165) is 43.1 Å². The molecule has 0 aliphatic carbocycles. The fourth-order valence-electron chi connectivity index (χ4n) is 4.37. The summed E-state index contributed by atoms with van der Waals surface area (Å²) in [5, 5.41) is 18.8. The number of carboxylic acid groups (broad SMARTS) is 2. The van der Waals surface area contributed by atoms with Gasteiger partial charge in [-0.2, -0.15) is 0 Å². The maximum Gasteiger partial charge on any atom is 0.333 e. The van der Waals surface area contributed by atoms with Gasteiger partial charge in [-0.25, -0.2) is 9.59 Å². The van der Waals surface area contributed by atoms with Crippen LogP contribution in [-0.4, -0.2) is 52.3 Å². The van der Waals surface area contributed by atoms with Gasteiger partial charge in [0.2, 0.25) is 0 Å². The van der Waals surface area contributed by atoms with Gasteiger partial charge in [0.15, 0.2) is 0 Å². The molecule has 2 N–H and O–H groups in total. The lowest BCUT2D eigenvalue weighted by Gasteiger charge is -2.50. The number of carbonyl (C=O) groups is 2. The molecule has 3 fully saturated rings. The number of fused-ring (bicyclic) bond motifs is 3. The summed E-state index contributed by atoms with van der Waals surface area (Å²) in [5.74, 6) is 4.54. The lowest BCUT2D eigenvalue weighted by atomic mass is 9.77. The molecule has 0 spiro atoms. The Morgan fingerprint density at radius 2 is 1.55 bits per heavy atom. The summed E-state index contributed by atoms with van der Waals surface area (Å²) < 4.78 is 6.25. The van der Waals surface area contributed by atoms with Crippen molar-refractivity contribution < 1.29 is 24.5 Å². The normalized spacial score (nSPS) is 24.7. The Morgan fingerprint density at radius 1 is 0.935 bits per heavy atom. The number of piperidine rings is 3. The Hall–Kier alpha value is -3.56. The molecule has 3 saturated heterocycles. The van der Waals surface area contributed by atoms with Crippen molar-refractivity contribution in [2.45, 2.75) is 25.0 Å². The molecule has 2 bridgehead atoms. The lowest BCUT2D eigenvalue weighted by Crippen LogP contribution is -2.61. The van der Waals surface area contributed by atoms with Gasteiger partial charge in [0.1, 0.15) is 11.9 Å². The van der Waals surface area contributed by atoms with Crippen molar-refractivity contribution in [3.05, 3.63) is 77.4 Å². The largest absolute Gasteiger partial charge is 0.488 e. The molecule has 3 heterocycles. The minimum absolute atomic E-state index is 0.132. The Bertz CT molecular complexity index is 1040. The molecule has 2 aromatic rings. The minimum atomic E-state index is -1.26. The molecule has 2 aromatic carbocycles. The van der Waals surface area contributed by atoms with Gasteiger partial charge in [-0.05, 0) is 62.3 Å². The minimum Gasteiger partial charge on any atom is -0.488 e. The first-order valence-corrected chi connectivity index (χ1v) is 10.3. The number of hydrogen-bond acceptors (Lipinski definition) is 4. The van der Waals surface area contributed by atoms with Crippen molar-refractivity contribution in [1.82, 2.24) is 4.90 Å². The molecule has 0 amide bonds. The highest BCUT2D eigenvalue weighted by molar-refractivity contribution is 5.95. The van der Waals surface area contributed by atoms with Gasteiger partial charge in [0.05, 0.1) is 11.6 Å². The summed E-state index contributed by atoms with van der Waals surface area (Å²) in [7, 11) is 0. The van der Waals surface area contributed by atoms with Crippen LogP contribution in [0, 0.1) is 17.8 Å². The van der Waals surface area contributed by atoms with Crippen LogP contribution >= 0.6 is 0 Å². The maximum atomic E-state index is 11.8. The Morgan fingerprint density at radius 3 is 2.13 bits per heavy atom. The topological polar surface area (TPSA) is 87.1 Å². The van der Waals surface area contributed by atoms with E-state index in [0.29, 0.717) is 5.75 Å². The molecule has 158 valence electrons. The van der Waals surface area contributed by atoms with Gasteiger partial charge >= 0.3 is 11.9 Å². The first-order valence-electron chi connectivity index (χ1n) is 10.3. The summed E-state index contributed by atoms with van der Waals surface area (Å²) in [6.45, 7) is 1.49. The molecule has 0 saturated carbocycles. The molecule has 6 heteroatoms. The van der Waals surface area contributed by atoms with Gasteiger partial charge in [0, 0.05) is 23.1 Å². The van der Waals surface area contributed by atoms with Crippen molar-refractivity contribution in [2.24, 2.45) is 5.92 Å². The summed E-state index contributed by atoms with van der Waals surface area (Å²) in [4.78, 5) is 25.1. The fraction of sp³-hybridized carbons (Fsp3) is 0.280. The smallest absolute Gasteiger partial charge is 0.333 e. The first-order chi connectivity index (χ1) is 15.0. The van der Waals surface area contributed by atoms with Gasteiger partial charge in [-0.1, -0.05) is 30.0 Å². The second kappa shape index (κ2) is 9.07. The van der Waals surface area contributed by atoms with E-state index < -0.39 is 24.1 Å². The molecule has 5 rings (SSSR count). The Labute approximate surface area is 180 Å². The van der Waals surface area contributed by atoms with Crippen LogP contribution in [0.3, 0.4) is 0 Å². The van der Waals surface area contributed by atoms with Crippen LogP contribution in [0.5, 0.6) is 5.75 Å². The van der Waals surface area contributed by atoms with Gasteiger partial charge in [0.25, 0.3) is 0 Å². The summed E-state index contributed by atoms with van der Waals surface area (Å²) >= 11 is 0. The number of rotatable bonds is 5. The highest BCUT2D eigenvalue weighted by Gasteiger charge is 2.47. The summed E-state index contributed by atoms with van der Waals surface area (Å²) in [6.07, 6.45) is 2.20. The van der Waals surface area contributed by atoms with Crippen molar-refractivity contribution in [3.8, 4) is 17.6 Å². The number of nitrogens with zero attached hydrogens (tertiary/aromatic N) is 1. The third kappa shape index (κ3) is 4.79. The standard InChI is InChI=1S/C25H23NO5/c27-22(28)16-21(25(29)30)23-24(19-12-14-26(23)15-13-19)31-20-10-8-18(9-11-20)7-6-17-4-2-1-3-5-17/h1-5,8-11,16,19,23-24H,12-15H2,(H,27,28)(H,29,30)/b21-16+. The summed E-state index contributed by atoms with van der Waals surface area (Å²) in [6, 6.07) is 16.5. The molecule has 0 radical (unpaired) electrons. The van der Waals surface area contributed by atoms with E-state index in [2.05, 4.69) is 11.8 Å². The maximum absolute atomic E-state index is 11.8. The zero-order valence-corrected chi connectivity index (χ0v) is 16.9. The SMILES string of the molecule is O=C(O)/C=C(/C(=O)O)C1C(Oc2ccc(C#Cc3ccccc3)cc2)C2CCN1CC2. The highest BCUT2D eigenvalue weighted by Crippen LogP contribution is 2.38. The van der Waals surface area contributed by atoms with Gasteiger partial charge in [-0.3, -0.25) is 4.90 Å². The number of aliphatic carboxylic acids is 2. The van der Waals surface area contributed by atoms with Crippen molar-refractivity contribution in [2.75, 3.05) is 13.1 Å². The summed E-state index contributed by atoms with van der Waals surface area (Å²) in [5.41, 5.74) is 1.65. The Balaban J connectivity index is 1.55. The van der Waals surface area contributed by atoms with Gasteiger partial charge in [-0.15, -0.1) is 0 Å². The molecule has 2 unspecified atom stereocenters. The van der Waals surface area contributed by atoms with Crippen LogP contribution in [0.15, 0.2) is 66.2 Å². The predicted octanol–water partition coefficient (Wildman–Crippen LogP) is 3.02. The van der Waals surface area contributed by atoms with Crippen LogP contribution in [0.25, 0.3) is 0 Å². The van der Waals surface area contributed by atoms with E-state index in [-0.39, 0.29) is 11.5 Å². The van der Waals surface area contributed by atoms with Crippen LogP contribution in [0.1, 0.15) is 24.0 Å². The zero-order valence-electron chi connectivity index (χ0n) is 16.9. The molecular weight excluding hydrogens is 394 g/mol. The average molecular weight is 417 g/mol. The number of benzene rings is 2. The lowest BCUT2D eigenvalue weighted by molar-refractivity contribution is -0.137. The van der Waals surface area contributed by atoms with E-state index in [1.54, 1.807) is 0 Å². The highest BCUT2D eigenvalue weighted by atomic mass is 16.5. The van der Waals surface area contributed by atoms with E-state index >= 15 is 0 Å². The van der Waals surface area contributed by atoms with E-state index in [1.807, 2.05) is 59.5 Å². The van der Waals surface area contributed by atoms with Crippen molar-refractivity contribution >= 4 is 11.9 Å². The third-order valence-corrected chi connectivity index (χ3v) is 5.84. The number of ether oxygens (including phenoxy) is 1. The van der Waals surface area contributed by atoms with E-state index in [4.69, 9.17) is 9.84 Å². The van der Waals surface area contributed by atoms with Crippen LogP contribution in [-0.2, 0) is 9.59 Å². The van der Waals surface area contributed by atoms with E-state index in [9.17, 15) is 14.7 Å². The third-order valence-electron chi connectivity index (χ3n) is 5.84. The number of hydrogen-bond donors (Lipinski definition) is 2. The fourth-order valence-corrected chi connectivity index (χ4v) is 4.37. The van der Waals surface area contributed by atoms with Crippen molar-refractivity contribution in [1.29, 1.82) is 0 Å². The number of carboxylic acids is 2. The first kappa shape index (κ1) is 20.7. The van der Waals surface area contributed by atoms with Crippen molar-refractivity contribution in [3.63, 3.8) is 0 Å². The molecule has 3 aliphatic heterocycles. The monoisotopic (exact) mass is 417 g/mol. The molecule has 2 atom stereocenters. The quantitative estimate of drug-likeness (QED) is 0.575. The predicted molar refractivity (Wildman–Crippen MR) is 115 cm³/mol. The average Bonchev–Trinajstić information content (AvgIpc) is 2.78. The second-order valence-electron chi connectivity index (χ2n) is 7.78. The van der Waals surface area contributed by atoms with E-state index in [1.165, 1.54) is 0 Å². The molecular formula is C25H23NO5. The molecule has 3 aliphatic rings. The molecule has 31 heavy (non-hydrogen) atoms. The van der Waals surface area contributed by atoms with Crippen LogP contribution < -0.4 is 4.74 Å². The van der Waals surface area contributed by atoms with Crippen LogP contribution in [0.4, 0.5) is 0 Å². The second-order valence-corrected chi connectivity index (χ2v) is 7.78. The Kier molecular flexibility index (Phi) is 6.06.